The van der Waals surface area contributed by atoms with Crippen LogP contribution in [0.25, 0.3) is 0 Å². The van der Waals surface area contributed by atoms with Crippen molar-refractivity contribution in [3.63, 3.8) is 0 Å². The van der Waals surface area contributed by atoms with E-state index in [0.717, 1.165) is 16.4 Å². The first-order valence-corrected chi connectivity index (χ1v) is 7.92. The first kappa shape index (κ1) is 13.9. The van der Waals surface area contributed by atoms with E-state index in [0.29, 0.717) is 13.1 Å². The van der Waals surface area contributed by atoms with Crippen molar-refractivity contribution in [2.75, 3.05) is 5.32 Å². The van der Waals surface area contributed by atoms with Crippen molar-refractivity contribution in [3.05, 3.63) is 40.9 Å². The first-order valence-electron chi connectivity index (χ1n) is 5.49. The summed E-state index contributed by atoms with van der Waals surface area (Å²) in [6, 6.07) is 6.40. The summed E-state index contributed by atoms with van der Waals surface area (Å²) in [5.74, 6) is 0. The molecule has 0 atom stereocenters. The van der Waals surface area contributed by atoms with Gasteiger partial charge in [-0.2, -0.15) is 0 Å². The largest absolute Gasteiger partial charge is 0.357 e. The molecule has 102 valence electrons. The average Bonchev–Trinajstić information content (AvgIpc) is 2.84. The summed E-state index contributed by atoms with van der Waals surface area (Å²) in [6.45, 7) is 0.976. The normalized spacial score (nSPS) is 11.5. The van der Waals surface area contributed by atoms with Crippen molar-refractivity contribution in [1.29, 1.82) is 0 Å². The third kappa shape index (κ3) is 3.74. The number of nitrogens with two attached hydrogens (primary N) is 2. The fourth-order valence-corrected chi connectivity index (χ4v) is 2.69. The summed E-state index contributed by atoms with van der Waals surface area (Å²) < 4.78 is 22.2. The number of hydrogen-bond acceptors (Lipinski definition) is 6. The van der Waals surface area contributed by atoms with Gasteiger partial charge in [0, 0.05) is 18.5 Å². The third-order valence-corrected chi connectivity index (χ3v) is 4.23. The molecule has 19 heavy (non-hydrogen) atoms. The van der Waals surface area contributed by atoms with Crippen molar-refractivity contribution in [2.24, 2.45) is 10.9 Å². The quantitative estimate of drug-likeness (QED) is 0.758. The van der Waals surface area contributed by atoms with Crippen molar-refractivity contribution < 1.29 is 8.42 Å². The Labute approximate surface area is 115 Å². The van der Waals surface area contributed by atoms with Crippen LogP contribution in [0.4, 0.5) is 5.13 Å². The first-order chi connectivity index (χ1) is 8.99. The van der Waals surface area contributed by atoms with E-state index in [1.807, 2.05) is 5.38 Å². The molecule has 0 amide bonds. The van der Waals surface area contributed by atoms with E-state index in [4.69, 9.17) is 10.9 Å². The highest BCUT2D eigenvalue weighted by Gasteiger charge is 2.06. The molecule has 0 saturated heterocycles. The smallest absolute Gasteiger partial charge is 0.238 e. The van der Waals surface area contributed by atoms with Gasteiger partial charge in [0.15, 0.2) is 5.13 Å². The van der Waals surface area contributed by atoms with Crippen LogP contribution in [0.15, 0.2) is 34.5 Å². The van der Waals surface area contributed by atoms with Crippen LogP contribution >= 0.6 is 11.3 Å². The molecule has 0 radical (unpaired) electrons. The zero-order chi connectivity index (χ0) is 13.9. The average molecular weight is 298 g/mol. The van der Waals surface area contributed by atoms with Gasteiger partial charge >= 0.3 is 0 Å². The van der Waals surface area contributed by atoms with Crippen molar-refractivity contribution >= 4 is 26.5 Å². The molecule has 8 heteroatoms. The summed E-state index contributed by atoms with van der Waals surface area (Å²) in [6.07, 6.45) is 0. The third-order valence-electron chi connectivity index (χ3n) is 2.46. The molecule has 2 aromatic rings. The van der Waals surface area contributed by atoms with Crippen LogP contribution in [0.3, 0.4) is 0 Å². The Hall–Kier alpha value is -1.48. The summed E-state index contributed by atoms with van der Waals surface area (Å²) in [5.41, 5.74) is 7.26. The maximum absolute atomic E-state index is 11.1. The maximum atomic E-state index is 11.1. The van der Waals surface area contributed by atoms with E-state index in [2.05, 4.69) is 10.3 Å². The van der Waals surface area contributed by atoms with E-state index in [1.54, 1.807) is 12.1 Å². The second-order valence-electron chi connectivity index (χ2n) is 3.89. The fraction of sp³-hybridized carbons (Fsp3) is 0.182. The maximum Gasteiger partial charge on any atom is 0.238 e. The predicted molar refractivity (Wildman–Crippen MR) is 75.1 cm³/mol. The number of benzene rings is 1. The van der Waals surface area contributed by atoms with Gasteiger partial charge < -0.3 is 11.1 Å². The van der Waals surface area contributed by atoms with Gasteiger partial charge in [-0.1, -0.05) is 12.1 Å². The molecule has 0 unspecified atom stereocenters. The number of primary sulfonamides is 1. The molecule has 0 fully saturated rings. The zero-order valence-corrected chi connectivity index (χ0v) is 11.7. The number of rotatable bonds is 5. The summed E-state index contributed by atoms with van der Waals surface area (Å²) >= 11 is 1.48. The van der Waals surface area contributed by atoms with E-state index in [-0.39, 0.29) is 4.90 Å². The molecule has 1 heterocycles. The highest BCUT2D eigenvalue weighted by molar-refractivity contribution is 7.89. The highest BCUT2D eigenvalue weighted by atomic mass is 32.2. The minimum absolute atomic E-state index is 0.107. The predicted octanol–water partition coefficient (Wildman–Crippen LogP) is 0.861. The van der Waals surface area contributed by atoms with E-state index < -0.39 is 10.0 Å². The van der Waals surface area contributed by atoms with Crippen molar-refractivity contribution in [1.82, 2.24) is 4.98 Å². The Morgan fingerprint density at radius 2 is 1.95 bits per heavy atom. The number of nitrogens with one attached hydrogen (secondary N) is 1. The minimum Gasteiger partial charge on any atom is -0.357 e. The number of aromatic nitrogens is 1. The Morgan fingerprint density at radius 1 is 1.26 bits per heavy atom. The Morgan fingerprint density at radius 3 is 2.47 bits per heavy atom. The second-order valence-corrected chi connectivity index (χ2v) is 6.31. The number of sulfonamides is 1. The Bertz CT molecular complexity index is 650. The molecule has 0 aliphatic carbocycles. The molecule has 1 aromatic carbocycles. The molecule has 1 aromatic heterocycles. The lowest BCUT2D eigenvalue weighted by molar-refractivity contribution is 0.598. The Balaban J connectivity index is 2.00. The Kier molecular flexibility index (Phi) is 4.15. The summed E-state index contributed by atoms with van der Waals surface area (Å²) in [7, 11) is -3.63. The van der Waals surface area contributed by atoms with Crippen LogP contribution in [-0.2, 0) is 23.1 Å². The van der Waals surface area contributed by atoms with Crippen LogP contribution < -0.4 is 16.2 Å². The van der Waals surface area contributed by atoms with Crippen LogP contribution in [-0.4, -0.2) is 13.4 Å². The molecule has 2 rings (SSSR count). The van der Waals surface area contributed by atoms with Gasteiger partial charge in [-0.05, 0) is 17.7 Å². The van der Waals surface area contributed by atoms with E-state index >= 15 is 0 Å². The van der Waals surface area contributed by atoms with Crippen LogP contribution in [0.1, 0.15) is 11.3 Å². The topological polar surface area (TPSA) is 111 Å². The van der Waals surface area contributed by atoms with Gasteiger partial charge in [-0.3, -0.25) is 0 Å². The van der Waals surface area contributed by atoms with Crippen molar-refractivity contribution in [3.8, 4) is 0 Å². The SMILES string of the molecule is NCc1csc(NCc2ccc(S(N)(=O)=O)cc2)n1. The lowest BCUT2D eigenvalue weighted by Crippen LogP contribution is -2.12. The molecule has 0 bridgehead atoms. The number of thiazole rings is 1. The number of hydrogen-bond donors (Lipinski definition) is 3. The van der Waals surface area contributed by atoms with Gasteiger partial charge in [0.25, 0.3) is 0 Å². The zero-order valence-electron chi connectivity index (χ0n) is 10.0. The number of anilines is 1. The molecule has 0 saturated carbocycles. The molecular formula is C11H14N4O2S2. The monoisotopic (exact) mass is 298 g/mol. The number of nitrogens with zero attached hydrogens (tertiary/aromatic N) is 1. The minimum atomic E-state index is -3.63. The molecule has 6 nitrogen and oxygen atoms in total. The van der Waals surface area contributed by atoms with E-state index in [1.165, 1.54) is 23.5 Å². The standard InChI is InChI=1S/C11H14N4O2S2/c12-5-9-7-18-11(15-9)14-6-8-1-3-10(4-2-8)19(13,16)17/h1-4,7H,5-6,12H2,(H,14,15)(H2,13,16,17). The van der Waals surface area contributed by atoms with Gasteiger partial charge in [0.1, 0.15) is 0 Å². The lowest BCUT2D eigenvalue weighted by atomic mass is 10.2. The highest BCUT2D eigenvalue weighted by Crippen LogP contribution is 2.16. The second kappa shape index (κ2) is 5.66. The molecular weight excluding hydrogens is 284 g/mol. The summed E-state index contributed by atoms with van der Waals surface area (Å²) in [5, 5.41) is 10.9. The van der Waals surface area contributed by atoms with Gasteiger partial charge in [-0.15, -0.1) is 11.3 Å². The van der Waals surface area contributed by atoms with Crippen LogP contribution in [0.5, 0.6) is 0 Å². The molecule has 0 spiro atoms. The van der Waals surface area contributed by atoms with Gasteiger partial charge in [0.2, 0.25) is 10.0 Å². The molecule has 0 aliphatic rings. The van der Waals surface area contributed by atoms with Gasteiger partial charge in [0.05, 0.1) is 10.6 Å². The van der Waals surface area contributed by atoms with Crippen molar-refractivity contribution in [2.45, 2.75) is 18.0 Å². The van der Waals surface area contributed by atoms with Gasteiger partial charge in [-0.25, -0.2) is 18.5 Å². The summed E-state index contributed by atoms with van der Waals surface area (Å²) in [4.78, 5) is 4.37. The lowest BCUT2D eigenvalue weighted by Gasteiger charge is -2.04. The van der Waals surface area contributed by atoms with E-state index in [9.17, 15) is 8.42 Å². The molecule has 0 aliphatic heterocycles. The molecule has 5 N–H and O–H groups in total. The van der Waals surface area contributed by atoms with Crippen LogP contribution in [0.2, 0.25) is 0 Å². The van der Waals surface area contributed by atoms with Crippen LogP contribution in [0, 0.1) is 0 Å². The fourth-order valence-electron chi connectivity index (χ4n) is 1.46.